The molecule has 0 unspecified atom stereocenters. The van der Waals surface area contributed by atoms with Crippen molar-refractivity contribution in [3.63, 3.8) is 0 Å². The van der Waals surface area contributed by atoms with E-state index >= 15 is 0 Å². The van der Waals surface area contributed by atoms with Gasteiger partial charge in [-0.1, -0.05) is 41.9 Å². The van der Waals surface area contributed by atoms with Crippen molar-refractivity contribution in [2.75, 3.05) is 0 Å². The number of hydrogen-bond acceptors (Lipinski definition) is 4. The predicted molar refractivity (Wildman–Crippen MR) is 90.3 cm³/mol. The van der Waals surface area contributed by atoms with E-state index in [4.69, 9.17) is 11.6 Å². The maximum absolute atomic E-state index is 12.4. The zero-order valence-electron chi connectivity index (χ0n) is 13.0. The van der Waals surface area contributed by atoms with Crippen molar-refractivity contribution in [2.24, 2.45) is 0 Å². The number of halogens is 1. The normalized spacial score (nSPS) is 12.8. The molecule has 0 spiro atoms. The number of rotatable bonds is 7. The summed E-state index contributed by atoms with van der Waals surface area (Å²) in [6.45, 7) is 1.76. The highest BCUT2D eigenvalue weighted by atomic mass is 35.5. The highest BCUT2D eigenvalue weighted by Gasteiger charge is 2.19. The van der Waals surface area contributed by atoms with Gasteiger partial charge in [0.05, 0.1) is 10.9 Å². The molecule has 0 aliphatic rings. The fraction of sp³-hybridized carbons (Fsp3) is 0.235. The first-order valence-corrected chi connectivity index (χ1v) is 9.23. The average molecular weight is 367 g/mol. The molecule has 0 amide bonds. The van der Waals surface area contributed by atoms with Gasteiger partial charge in [-0.15, -0.1) is 0 Å². The number of nitrogens with one attached hydrogen (secondary N) is 1. The van der Waals surface area contributed by atoms with Gasteiger partial charge in [0, 0.05) is 16.6 Å². The van der Waals surface area contributed by atoms with Gasteiger partial charge in [-0.3, -0.25) is 0 Å². The molecule has 0 fully saturated rings. The number of carbonyl (C=O) groups excluding carboxylic acids is 1. The summed E-state index contributed by atoms with van der Waals surface area (Å²) in [4.78, 5) is 10.8. The zero-order chi connectivity index (χ0) is 17.7. The minimum atomic E-state index is -3.84. The van der Waals surface area contributed by atoms with Crippen molar-refractivity contribution in [1.29, 1.82) is 0 Å². The number of carboxylic acids is 1. The van der Waals surface area contributed by atoms with E-state index in [0.717, 1.165) is 18.1 Å². The smallest absolute Gasteiger partial charge is 0.240 e. The van der Waals surface area contributed by atoms with E-state index < -0.39 is 16.0 Å². The molecule has 2 rings (SSSR count). The molecule has 0 radical (unpaired) electrons. The van der Waals surface area contributed by atoms with Crippen molar-refractivity contribution >= 4 is 27.6 Å². The molecule has 0 aromatic heterocycles. The van der Waals surface area contributed by atoms with Crippen LogP contribution in [-0.2, 0) is 16.4 Å². The third-order valence-corrected chi connectivity index (χ3v) is 5.45. The van der Waals surface area contributed by atoms with Crippen molar-refractivity contribution in [1.82, 2.24) is 4.72 Å². The highest BCUT2D eigenvalue weighted by molar-refractivity contribution is 7.89. The molecule has 0 heterocycles. The van der Waals surface area contributed by atoms with Crippen LogP contribution in [0, 0.1) is 0 Å². The maximum atomic E-state index is 12.4. The lowest BCUT2D eigenvalue weighted by atomic mass is 10.1. The lowest BCUT2D eigenvalue weighted by Crippen LogP contribution is -2.33. The lowest BCUT2D eigenvalue weighted by molar-refractivity contribution is -0.255. The molecule has 0 aliphatic heterocycles. The second kappa shape index (κ2) is 7.79. The van der Waals surface area contributed by atoms with Gasteiger partial charge in [-0.05, 0) is 43.5 Å². The van der Waals surface area contributed by atoms with E-state index in [0.29, 0.717) is 6.42 Å². The topological polar surface area (TPSA) is 86.3 Å². The number of carboxylic acid groups (broad SMARTS) is 1. The summed E-state index contributed by atoms with van der Waals surface area (Å²) in [5, 5.41) is 10.9. The highest BCUT2D eigenvalue weighted by Crippen LogP contribution is 2.20. The molecule has 7 heteroatoms. The van der Waals surface area contributed by atoms with E-state index in [9.17, 15) is 18.3 Å². The van der Waals surface area contributed by atoms with Gasteiger partial charge in [0.25, 0.3) is 0 Å². The number of benzene rings is 2. The summed E-state index contributed by atoms with van der Waals surface area (Å²) >= 11 is 5.73. The molecular weight excluding hydrogens is 350 g/mol. The Kier molecular flexibility index (Phi) is 5.99. The predicted octanol–water partition coefficient (Wildman–Crippen LogP) is 2.00. The van der Waals surface area contributed by atoms with Gasteiger partial charge in [0.15, 0.2) is 0 Å². The van der Waals surface area contributed by atoms with E-state index in [1.807, 2.05) is 30.3 Å². The average Bonchev–Trinajstić information content (AvgIpc) is 2.53. The van der Waals surface area contributed by atoms with Crippen LogP contribution in [0.2, 0.25) is 5.02 Å². The van der Waals surface area contributed by atoms with E-state index in [1.54, 1.807) is 6.92 Å². The Labute approximate surface area is 146 Å². The van der Waals surface area contributed by atoms with Crippen molar-refractivity contribution < 1.29 is 18.3 Å². The van der Waals surface area contributed by atoms with Gasteiger partial charge in [-0.25, -0.2) is 13.1 Å². The molecule has 128 valence electrons. The van der Waals surface area contributed by atoms with Gasteiger partial charge < -0.3 is 9.90 Å². The Bertz CT molecular complexity index is 822. The summed E-state index contributed by atoms with van der Waals surface area (Å²) in [6, 6.07) is 12.9. The van der Waals surface area contributed by atoms with Gasteiger partial charge in [0.1, 0.15) is 0 Å². The third-order valence-electron chi connectivity index (χ3n) is 3.53. The van der Waals surface area contributed by atoms with Crippen LogP contribution in [0.5, 0.6) is 0 Å². The van der Waals surface area contributed by atoms with Crippen molar-refractivity contribution in [2.45, 2.75) is 30.7 Å². The first-order chi connectivity index (χ1) is 11.3. The molecule has 0 aliphatic carbocycles. The van der Waals surface area contributed by atoms with Crippen LogP contribution < -0.4 is 9.83 Å². The number of hydrogen-bond donors (Lipinski definition) is 1. The first-order valence-electron chi connectivity index (χ1n) is 7.37. The minimum absolute atomic E-state index is 0.0638. The molecular formula is C17H17ClNO4S-. The fourth-order valence-electron chi connectivity index (χ4n) is 2.25. The molecule has 24 heavy (non-hydrogen) atoms. The molecule has 0 bridgehead atoms. The van der Waals surface area contributed by atoms with Crippen molar-refractivity contribution in [3.05, 3.63) is 64.7 Å². The molecule has 5 nitrogen and oxygen atoms in total. The lowest BCUT2D eigenvalue weighted by Gasteiger charge is -2.15. The van der Waals surface area contributed by atoms with Crippen LogP contribution in [0.15, 0.2) is 53.4 Å². The number of sulfonamides is 1. The van der Waals surface area contributed by atoms with Crippen molar-refractivity contribution in [3.8, 4) is 0 Å². The number of aromatic carboxylic acids is 1. The van der Waals surface area contributed by atoms with Crippen LogP contribution in [0.25, 0.3) is 0 Å². The molecule has 2 aromatic rings. The summed E-state index contributed by atoms with van der Waals surface area (Å²) in [6.07, 6.45) is 1.35. The summed E-state index contributed by atoms with van der Waals surface area (Å²) in [7, 11) is -3.84. The largest absolute Gasteiger partial charge is 0.545 e. The quantitative estimate of drug-likeness (QED) is 0.812. The van der Waals surface area contributed by atoms with Crippen LogP contribution in [0.4, 0.5) is 0 Å². The Balaban J connectivity index is 2.07. The Morgan fingerprint density at radius 3 is 2.50 bits per heavy atom. The van der Waals surface area contributed by atoms with E-state index in [2.05, 4.69) is 4.72 Å². The molecule has 0 saturated carbocycles. The molecule has 1 N–H and O–H groups in total. The Hall–Kier alpha value is -1.89. The molecule has 0 saturated heterocycles. The third kappa shape index (κ3) is 4.80. The monoisotopic (exact) mass is 366 g/mol. The van der Waals surface area contributed by atoms with Gasteiger partial charge >= 0.3 is 0 Å². The molecule has 2 aromatic carbocycles. The van der Waals surface area contributed by atoms with Crippen LogP contribution >= 0.6 is 11.6 Å². The Morgan fingerprint density at radius 1 is 1.21 bits per heavy atom. The summed E-state index contributed by atoms with van der Waals surface area (Å²) < 4.78 is 27.3. The minimum Gasteiger partial charge on any atom is -0.545 e. The van der Waals surface area contributed by atoms with Crippen LogP contribution in [-0.4, -0.2) is 20.4 Å². The SMILES string of the molecule is C[C@H](CCc1ccccc1)NS(=O)(=O)c1ccc(Cl)c(C(=O)[O-])c1. The number of carbonyl (C=O) groups is 1. The second-order valence-corrected chi connectivity index (χ2v) is 7.60. The van der Waals surface area contributed by atoms with E-state index in [1.165, 1.54) is 12.1 Å². The molecule has 1 atom stereocenters. The second-order valence-electron chi connectivity index (χ2n) is 5.48. The maximum Gasteiger partial charge on any atom is 0.240 e. The fourth-order valence-corrected chi connectivity index (χ4v) is 3.75. The summed E-state index contributed by atoms with van der Waals surface area (Å²) in [5.74, 6) is -1.52. The zero-order valence-corrected chi connectivity index (χ0v) is 14.6. The van der Waals surface area contributed by atoms with Crippen LogP contribution in [0.1, 0.15) is 29.3 Å². The first kappa shape index (κ1) is 18.4. The van der Waals surface area contributed by atoms with Crippen LogP contribution in [0.3, 0.4) is 0 Å². The standard InChI is InChI=1S/C17H18ClNO4S/c1-12(7-8-13-5-3-2-4-6-13)19-24(22,23)14-9-10-16(18)15(11-14)17(20)21/h2-6,9-12,19H,7-8H2,1H3,(H,20,21)/p-1/t12-/m1/s1. The van der Waals surface area contributed by atoms with Gasteiger partial charge in [0.2, 0.25) is 10.0 Å². The summed E-state index contributed by atoms with van der Waals surface area (Å²) in [5.41, 5.74) is 0.769. The number of aryl methyl sites for hydroxylation is 1. The Morgan fingerprint density at radius 2 is 1.88 bits per heavy atom. The van der Waals surface area contributed by atoms with E-state index in [-0.39, 0.29) is 21.5 Å². The van der Waals surface area contributed by atoms with Gasteiger partial charge in [-0.2, -0.15) is 0 Å².